The van der Waals surface area contributed by atoms with Gasteiger partial charge in [-0.1, -0.05) is 0 Å². The van der Waals surface area contributed by atoms with Gasteiger partial charge in [0, 0.05) is 11.4 Å². The number of nitrogens with one attached hydrogen (secondary N) is 1. The second-order valence-electron chi connectivity index (χ2n) is 3.71. The summed E-state index contributed by atoms with van der Waals surface area (Å²) in [6.45, 7) is 7.44. The average molecular weight is 237 g/mol. The molecule has 0 aliphatic carbocycles. The monoisotopic (exact) mass is 237 g/mol. The van der Waals surface area contributed by atoms with E-state index in [9.17, 15) is 0 Å². The van der Waals surface area contributed by atoms with Gasteiger partial charge in [0.25, 0.3) is 0 Å². The van der Waals surface area contributed by atoms with E-state index in [4.69, 9.17) is 4.42 Å². The second kappa shape index (κ2) is 4.76. The zero-order chi connectivity index (χ0) is 11.5. The van der Waals surface area contributed by atoms with Gasteiger partial charge in [0.15, 0.2) is 0 Å². The van der Waals surface area contributed by atoms with E-state index in [1.54, 1.807) is 17.5 Å². The molecule has 5 heteroatoms. The van der Waals surface area contributed by atoms with Crippen LogP contribution in [0.5, 0.6) is 0 Å². The van der Waals surface area contributed by atoms with Crippen LogP contribution in [0.4, 0.5) is 0 Å². The predicted molar refractivity (Wildman–Crippen MR) is 63.4 cm³/mol. The summed E-state index contributed by atoms with van der Waals surface area (Å²) >= 11 is 1.73. The predicted octanol–water partition coefficient (Wildman–Crippen LogP) is 2.35. The summed E-state index contributed by atoms with van der Waals surface area (Å²) in [6, 6.07) is 0. The first-order valence-electron chi connectivity index (χ1n) is 5.20. The van der Waals surface area contributed by atoms with Crippen molar-refractivity contribution in [2.75, 3.05) is 0 Å². The molecule has 16 heavy (non-hydrogen) atoms. The topological polar surface area (TPSA) is 51.0 Å². The summed E-state index contributed by atoms with van der Waals surface area (Å²) in [5, 5.41) is 4.41. The van der Waals surface area contributed by atoms with Crippen molar-refractivity contribution in [2.45, 2.75) is 33.9 Å². The van der Waals surface area contributed by atoms with Crippen LogP contribution < -0.4 is 5.32 Å². The number of aryl methyl sites for hydroxylation is 3. The summed E-state index contributed by atoms with van der Waals surface area (Å²) in [5.41, 5.74) is 1.11. The number of nitrogens with zero attached hydrogens (tertiary/aromatic N) is 2. The van der Waals surface area contributed by atoms with Crippen molar-refractivity contribution in [3.8, 4) is 0 Å². The summed E-state index contributed by atoms with van der Waals surface area (Å²) < 4.78 is 5.37. The molecule has 2 rings (SSSR count). The minimum Gasteiger partial charge on any atom is -0.445 e. The molecule has 86 valence electrons. The van der Waals surface area contributed by atoms with Gasteiger partial charge in [-0.15, -0.1) is 11.3 Å². The van der Waals surface area contributed by atoms with Gasteiger partial charge in [0.2, 0.25) is 5.89 Å². The number of aromatic nitrogens is 2. The molecule has 1 N–H and O–H groups in total. The molecule has 0 saturated heterocycles. The molecular weight excluding hydrogens is 222 g/mol. The molecule has 4 nitrogen and oxygen atoms in total. The Morgan fingerprint density at radius 1 is 1.31 bits per heavy atom. The fourth-order valence-corrected chi connectivity index (χ4v) is 2.41. The van der Waals surface area contributed by atoms with Crippen LogP contribution in [-0.2, 0) is 13.1 Å². The van der Waals surface area contributed by atoms with Crippen molar-refractivity contribution in [3.05, 3.63) is 33.4 Å². The first-order valence-corrected chi connectivity index (χ1v) is 6.01. The Morgan fingerprint density at radius 3 is 2.69 bits per heavy atom. The van der Waals surface area contributed by atoms with Crippen molar-refractivity contribution in [2.24, 2.45) is 0 Å². The second-order valence-corrected chi connectivity index (χ2v) is 5.00. The Labute approximate surface area is 98.7 Å². The minimum absolute atomic E-state index is 0.657. The van der Waals surface area contributed by atoms with Gasteiger partial charge in [-0.05, 0) is 20.8 Å². The fraction of sp³-hybridized carbons (Fsp3) is 0.455. The van der Waals surface area contributed by atoms with Crippen LogP contribution in [0.25, 0.3) is 0 Å². The molecule has 0 unspecified atom stereocenters. The van der Waals surface area contributed by atoms with Crippen LogP contribution in [0.2, 0.25) is 0 Å². The third-order valence-electron chi connectivity index (χ3n) is 2.23. The zero-order valence-corrected chi connectivity index (χ0v) is 10.5. The van der Waals surface area contributed by atoms with Gasteiger partial charge in [-0.2, -0.15) is 0 Å². The highest BCUT2D eigenvalue weighted by atomic mass is 32.1. The highest BCUT2D eigenvalue weighted by Gasteiger charge is 2.05. The molecule has 0 aliphatic heterocycles. The van der Waals surface area contributed by atoms with Crippen molar-refractivity contribution >= 4 is 11.3 Å². The first kappa shape index (κ1) is 11.3. The normalized spacial score (nSPS) is 10.9. The van der Waals surface area contributed by atoms with Gasteiger partial charge >= 0.3 is 0 Å². The van der Waals surface area contributed by atoms with Crippen LogP contribution in [0.1, 0.15) is 27.2 Å². The lowest BCUT2D eigenvalue weighted by atomic mass is 10.4. The molecule has 0 spiro atoms. The number of hydrogen-bond acceptors (Lipinski definition) is 5. The number of rotatable bonds is 4. The maximum absolute atomic E-state index is 5.37. The first-order chi connectivity index (χ1) is 7.65. The van der Waals surface area contributed by atoms with Gasteiger partial charge in [0.1, 0.15) is 5.76 Å². The van der Waals surface area contributed by atoms with E-state index < -0.39 is 0 Å². The van der Waals surface area contributed by atoms with E-state index >= 15 is 0 Å². The zero-order valence-electron chi connectivity index (χ0n) is 9.70. The molecule has 0 radical (unpaired) electrons. The highest BCUT2D eigenvalue weighted by molar-refractivity contribution is 7.11. The van der Waals surface area contributed by atoms with Gasteiger partial charge in [-0.25, -0.2) is 9.97 Å². The van der Waals surface area contributed by atoms with E-state index in [1.807, 2.05) is 20.8 Å². The van der Waals surface area contributed by atoms with Crippen LogP contribution in [0.15, 0.2) is 10.6 Å². The van der Waals surface area contributed by atoms with Crippen molar-refractivity contribution in [1.29, 1.82) is 0 Å². The molecule has 0 amide bonds. The Balaban J connectivity index is 1.86. The van der Waals surface area contributed by atoms with Crippen LogP contribution in [0.3, 0.4) is 0 Å². The Bertz CT molecular complexity index is 475. The average Bonchev–Trinajstić information content (AvgIpc) is 2.74. The maximum Gasteiger partial charge on any atom is 0.208 e. The van der Waals surface area contributed by atoms with E-state index in [0.717, 1.165) is 28.9 Å². The molecule has 2 aromatic heterocycles. The largest absolute Gasteiger partial charge is 0.445 e. The Kier molecular flexibility index (Phi) is 3.36. The van der Waals surface area contributed by atoms with E-state index in [1.165, 1.54) is 4.88 Å². The summed E-state index contributed by atoms with van der Waals surface area (Å²) in [7, 11) is 0. The van der Waals surface area contributed by atoms with E-state index in [-0.39, 0.29) is 0 Å². The Morgan fingerprint density at radius 2 is 2.12 bits per heavy atom. The SMILES string of the molecule is Cc1cnc(CNCc2sc(C)nc2C)o1. The summed E-state index contributed by atoms with van der Waals surface area (Å²) in [5.74, 6) is 1.58. The number of oxazole rings is 1. The third-order valence-corrected chi connectivity index (χ3v) is 3.30. The summed E-state index contributed by atoms with van der Waals surface area (Å²) in [6.07, 6.45) is 1.74. The Hall–Kier alpha value is -1.20. The summed E-state index contributed by atoms with van der Waals surface area (Å²) in [4.78, 5) is 9.79. The van der Waals surface area contributed by atoms with E-state index in [2.05, 4.69) is 15.3 Å². The number of thiazole rings is 1. The fourth-order valence-electron chi connectivity index (χ4n) is 1.50. The molecule has 2 aromatic rings. The van der Waals surface area contributed by atoms with E-state index in [0.29, 0.717) is 6.54 Å². The molecule has 2 heterocycles. The highest BCUT2D eigenvalue weighted by Crippen LogP contribution is 2.16. The molecular formula is C11H15N3OS. The van der Waals surface area contributed by atoms with Crippen LogP contribution >= 0.6 is 11.3 Å². The van der Waals surface area contributed by atoms with Crippen LogP contribution in [0, 0.1) is 20.8 Å². The van der Waals surface area contributed by atoms with Gasteiger partial charge in [0.05, 0.1) is 23.4 Å². The standard InChI is InChI=1S/C11H15N3OS/c1-7-4-13-11(15-7)6-12-5-10-8(2)14-9(3)16-10/h4,12H,5-6H2,1-3H3. The quantitative estimate of drug-likeness (QED) is 0.886. The molecule has 0 aromatic carbocycles. The minimum atomic E-state index is 0.657. The smallest absolute Gasteiger partial charge is 0.208 e. The van der Waals surface area contributed by atoms with Gasteiger partial charge < -0.3 is 9.73 Å². The lowest BCUT2D eigenvalue weighted by molar-refractivity contribution is 0.449. The van der Waals surface area contributed by atoms with Crippen molar-refractivity contribution in [1.82, 2.24) is 15.3 Å². The maximum atomic E-state index is 5.37. The molecule has 0 aliphatic rings. The lowest BCUT2D eigenvalue weighted by Crippen LogP contribution is -2.12. The molecule has 0 atom stereocenters. The van der Waals surface area contributed by atoms with Crippen molar-refractivity contribution < 1.29 is 4.42 Å². The van der Waals surface area contributed by atoms with Crippen molar-refractivity contribution in [3.63, 3.8) is 0 Å². The molecule has 0 bridgehead atoms. The molecule has 0 saturated carbocycles. The van der Waals surface area contributed by atoms with Crippen LogP contribution in [-0.4, -0.2) is 9.97 Å². The molecule has 0 fully saturated rings. The lowest BCUT2D eigenvalue weighted by Gasteiger charge is -1.99. The third kappa shape index (κ3) is 2.68. The van der Waals surface area contributed by atoms with Gasteiger partial charge in [-0.3, -0.25) is 0 Å². The number of hydrogen-bond donors (Lipinski definition) is 1.